The molecule has 0 spiro atoms. The van der Waals surface area contributed by atoms with E-state index in [9.17, 15) is 14.4 Å². The summed E-state index contributed by atoms with van der Waals surface area (Å²) >= 11 is 0. The minimum absolute atomic E-state index is 0.180. The molecule has 6 heteroatoms. The summed E-state index contributed by atoms with van der Waals surface area (Å²) < 4.78 is 0. The number of carbonyl (C=O) groups excluding carboxylic acids is 3. The smallest absolute Gasteiger partial charge is 0.328 e. The van der Waals surface area contributed by atoms with Crippen LogP contribution in [0.3, 0.4) is 0 Å². The van der Waals surface area contributed by atoms with Crippen molar-refractivity contribution in [2.75, 3.05) is 0 Å². The molecule has 1 heterocycles. The van der Waals surface area contributed by atoms with Gasteiger partial charge in [0.05, 0.1) is 17.2 Å². The highest BCUT2D eigenvalue weighted by Crippen LogP contribution is 2.23. The van der Waals surface area contributed by atoms with Crippen molar-refractivity contribution in [1.29, 1.82) is 5.26 Å². The van der Waals surface area contributed by atoms with E-state index in [2.05, 4.69) is 4.84 Å². The minimum atomic E-state index is -1.05. The molecule has 1 aromatic carbocycles. The lowest BCUT2D eigenvalue weighted by molar-refractivity contribution is -0.171. The first-order valence-corrected chi connectivity index (χ1v) is 5.15. The number of rotatable bonds is 2. The zero-order chi connectivity index (χ0) is 13.3. The molecule has 1 unspecified atom stereocenters. The Labute approximate surface area is 102 Å². The zero-order valence-electron chi connectivity index (χ0n) is 9.41. The van der Waals surface area contributed by atoms with Crippen molar-refractivity contribution in [2.24, 2.45) is 5.92 Å². The van der Waals surface area contributed by atoms with Gasteiger partial charge in [-0.3, -0.25) is 9.59 Å². The Balaban J connectivity index is 2.25. The number of nitriles is 1. The van der Waals surface area contributed by atoms with E-state index < -0.39 is 23.7 Å². The van der Waals surface area contributed by atoms with Gasteiger partial charge in [-0.2, -0.15) is 5.26 Å². The Morgan fingerprint density at radius 3 is 2.22 bits per heavy atom. The molecular weight excluding hydrogens is 236 g/mol. The molecule has 1 aliphatic heterocycles. The van der Waals surface area contributed by atoms with Crippen LogP contribution in [0.25, 0.3) is 0 Å². The third-order valence-corrected chi connectivity index (χ3v) is 2.49. The second kappa shape index (κ2) is 4.30. The van der Waals surface area contributed by atoms with E-state index in [1.807, 2.05) is 0 Å². The van der Waals surface area contributed by atoms with Crippen LogP contribution in [0.4, 0.5) is 0 Å². The molecule has 0 N–H and O–H groups in total. The molecule has 0 radical (unpaired) electrons. The van der Waals surface area contributed by atoms with Crippen molar-refractivity contribution in [1.82, 2.24) is 5.06 Å². The van der Waals surface area contributed by atoms with Gasteiger partial charge in [-0.25, -0.2) is 4.79 Å². The van der Waals surface area contributed by atoms with Crippen LogP contribution in [0.2, 0.25) is 0 Å². The highest BCUT2D eigenvalue weighted by molar-refractivity contribution is 6.20. The molecule has 0 saturated carbocycles. The highest BCUT2D eigenvalue weighted by atomic mass is 16.7. The predicted octanol–water partition coefficient (Wildman–Crippen LogP) is 0.900. The van der Waals surface area contributed by atoms with Gasteiger partial charge in [-0.1, -0.05) is 17.2 Å². The maximum Gasteiger partial charge on any atom is 0.349 e. The lowest BCUT2D eigenvalue weighted by Crippen LogP contribution is -2.34. The summed E-state index contributed by atoms with van der Waals surface area (Å²) in [5, 5.41) is 8.93. The molecular formula is C12H8N2O4. The Bertz CT molecular complexity index is 553. The second-order valence-corrected chi connectivity index (χ2v) is 3.71. The fourth-order valence-corrected chi connectivity index (χ4v) is 1.47. The zero-order valence-corrected chi connectivity index (χ0v) is 9.41. The third kappa shape index (κ3) is 1.72. The number of benzene rings is 1. The van der Waals surface area contributed by atoms with Crippen molar-refractivity contribution in [2.45, 2.75) is 6.92 Å². The first kappa shape index (κ1) is 11.8. The van der Waals surface area contributed by atoms with Crippen LogP contribution in [-0.2, 0) is 9.63 Å². The van der Waals surface area contributed by atoms with Gasteiger partial charge < -0.3 is 4.84 Å². The molecule has 2 amide bonds. The van der Waals surface area contributed by atoms with E-state index in [1.165, 1.54) is 19.1 Å². The topological polar surface area (TPSA) is 87.5 Å². The van der Waals surface area contributed by atoms with E-state index in [0.29, 0.717) is 5.06 Å². The third-order valence-electron chi connectivity index (χ3n) is 2.49. The molecule has 1 atom stereocenters. The molecule has 18 heavy (non-hydrogen) atoms. The highest BCUT2D eigenvalue weighted by Gasteiger charge is 2.39. The van der Waals surface area contributed by atoms with Crippen LogP contribution in [0.5, 0.6) is 0 Å². The average molecular weight is 244 g/mol. The van der Waals surface area contributed by atoms with E-state index in [0.717, 1.165) is 0 Å². The summed E-state index contributed by atoms with van der Waals surface area (Å²) in [5.41, 5.74) is 0.361. The molecule has 0 bridgehead atoms. The molecule has 1 aliphatic rings. The Hall–Kier alpha value is -2.68. The van der Waals surface area contributed by atoms with Crippen molar-refractivity contribution in [3.05, 3.63) is 35.4 Å². The molecule has 2 rings (SSSR count). The van der Waals surface area contributed by atoms with E-state index >= 15 is 0 Å². The van der Waals surface area contributed by atoms with Crippen LogP contribution < -0.4 is 0 Å². The molecule has 6 nitrogen and oxygen atoms in total. The number of hydroxylamine groups is 2. The molecule has 0 fully saturated rings. The van der Waals surface area contributed by atoms with Gasteiger partial charge in [-0.15, -0.1) is 0 Å². The summed E-state index contributed by atoms with van der Waals surface area (Å²) in [5.74, 6) is -3.38. The summed E-state index contributed by atoms with van der Waals surface area (Å²) in [6, 6.07) is 7.81. The van der Waals surface area contributed by atoms with Gasteiger partial charge in [0.15, 0.2) is 0 Å². The minimum Gasteiger partial charge on any atom is -0.328 e. The van der Waals surface area contributed by atoms with Crippen molar-refractivity contribution < 1.29 is 19.2 Å². The first-order chi connectivity index (χ1) is 8.56. The summed E-state index contributed by atoms with van der Waals surface area (Å²) in [7, 11) is 0. The maximum atomic E-state index is 11.8. The fraction of sp³-hybridized carbons (Fsp3) is 0.167. The van der Waals surface area contributed by atoms with Gasteiger partial charge in [0.2, 0.25) is 0 Å². The maximum absolute atomic E-state index is 11.8. The van der Waals surface area contributed by atoms with Gasteiger partial charge in [0.1, 0.15) is 5.92 Å². The number of amides is 2. The number of hydrogen-bond donors (Lipinski definition) is 0. The second-order valence-electron chi connectivity index (χ2n) is 3.71. The summed E-state index contributed by atoms with van der Waals surface area (Å²) in [6.45, 7) is 1.32. The van der Waals surface area contributed by atoms with Crippen LogP contribution >= 0.6 is 0 Å². The number of fused-ring (bicyclic) bond motifs is 1. The molecule has 0 aromatic heterocycles. The fourth-order valence-electron chi connectivity index (χ4n) is 1.47. The van der Waals surface area contributed by atoms with Gasteiger partial charge in [0.25, 0.3) is 11.8 Å². The largest absolute Gasteiger partial charge is 0.349 e. The molecule has 90 valence electrons. The van der Waals surface area contributed by atoms with Crippen LogP contribution in [0.15, 0.2) is 24.3 Å². The van der Waals surface area contributed by atoms with Crippen molar-refractivity contribution >= 4 is 17.8 Å². The number of imide groups is 1. The lowest BCUT2D eigenvalue weighted by atomic mass is 10.1. The molecule has 0 saturated heterocycles. The Kier molecular flexibility index (Phi) is 2.81. The molecule has 0 aliphatic carbocycles. The van der Waals surface area contributed by atoms with E-state index in [4.69, 9.17) is 5.26 Å². The van der Waals surface area contributed by atoms with Crippen molar-refractivity contribution in [3.63, 3.8) is 0 Å². The Morgan fingerprint density at radius 1 is 1.28 bits per heavy atom. The van der Waals surface area contributed by atoms with Crippen LogP contribution in [-0.4, -0.2) is 22.8 Å². The SMILES string of the molecule is CC(C#N)C(=O)ON1C(=O)c2ccccc2C1=O. The molecule has 1 aromatic rings. The van der Waals surface area contributed by atoms with E-state index in [-0.39, 0.29) is 11.1 Å². The van der Waals surface area contributed by atoms with Crippen LogP contribution in [0, 0.1) is 17.2 Å². The summed E-state index contributed by atoms with van der Waals surface area (Å²) in [6.07, 6.45) is 0. The standard InChI is InChI=1S/C12H8N2O4/c1-7(6-13)12(17)18-14-10(15)8-4-2-3-5-9(8)11(14)16/h2-5,7H,1H3. The predicted molar refractivity (Wildman–Crippen MR) is 57.8 cm³/mol. The summed E-state index contributed by atoms with van der Waals surface area (Å²) in [4.78, 5) is 39.6. The normalized spacial score (nSPS) is 15.0. The monoisotopic (exact) mass is 244 g/mol. The number of carbonyl (C=O) groups is 3. The Morgan fingerprint density at radius 2 is 1.78 bits per heavy atom. The van der Waals surface area contributed by atoms with Gasteiger partial charge in [-0.05, 0) is 19.1 Å². The first-order valence-electron chi connectivity index (χ1n) is 5.15. The number of hydrogen-bond acceptors (Lipinski definition) is 5. The number of nitrogens with zero attached hydrogens (tertiary/aromatic N) is 2. The van der Waals surface area contributed by atoms with E-state index in [1.54, 1.807) is 18.2 Å². The van der Waals surface area contributed by atoms with Crippen LogP contribution in [0.1, 0.15) is 27.6 Å². The average Bonchev–Trinajstić information content (AvgIpc) is 2.63. The lowest BCUT2D eigenvalue weighted by Gasteiger charge is -2.13. The quantitative estimate of drug-likeness (QED) is 0.721. The van der Waals surface area contributed by atoms with Gasteiger partial charge >= 0.3 is 5.97 Å². The van der Waals surface area contributed by atoms with Crippen molar-refractivity contribution in [3.8, 4) is 6.07 Å². The van der Waals surface area contributed by atoms with Gasteiger partial charge in [0, 0.05) is 0 Å².